The Bertz CT molecular complexity index is 1800. The van der Waals surface area contributed by atoms with Crippen LogP contribution in [0, 0.1) is 6.92 Å². The number of guanidine groups is 1. The summed E-state index contributed by atoms with van der Waals surface area (Å²) in [7, 11) is -0.804. The van der Waals surface area contributed by atoms with Crippen molar-refractivity contribution < 1.29 is 27.2 Å². The van der Waals surface area contributed by atoms with Gasteiger partial charge in [-0.1, -0.05) is 77.8 Å². The van der Waals surface area contributed by atoms with Gasteiger partial charge in [0.2, 0.25) is 11.8 Å². The number of furan rings is 1. The largest absolute Gasteiger partial charge is 0.495 e. The van der Waals surface area contributed by atoms with Crippen LogP contribution in [-0.2, 0) is 10.1 Å². The fourth-order valence-corrected chi connectivity index (χ4v) is 4.65. The minimum atomic E-state index is -4.02. The van der Waals surface area contributed by atoms with Crippen molar-refractivity contribution in [2.45, 2.75) is 31.8 Å². The van der Waals surface area contributed by atoms with E-state index in [1.54, 1.807) is 63.2 Å². The highest BCUT2D eigenvalue weighted by Gasteiger charge is 2.23. The molecule has 0 aliphatic rings. The first-order chi connectivity index (χ1) is 20.8. The Morgan fingerprint density at radius 1 is 0.977 bits per heavy atom. The van der Waals surface area contributed by atoms with Gasteiger partial charge in [-0.25, -0.2) is 4.90 Å². The smallest absolute Gasteiger partial charge is 0.294 e. The van der Waals surface area contributed by atoms with Crippen molar-refractivity contribution in [2.24, 2.45) is 10.7 Å². The van der Waals surface area contributed by atoms with Crippen molar-refractivity contribution in [1.82, 2.24) is 0 Å². The Labute approximate surface area is 262 Å². The molecule has 0 radical (unpaired) electrons. The maximum atomic E-state index is 10.5. The number of anilines is 2. The van der Waals surface area contributed by atoms with Crippen molar-refractivity contribution >= 4 is 50.2 Å². The molecule has 0 saturated carbocycles. The minimum absolute atomic E-state index is 0.0666. The van der Waals surface area contributed by atoms with Crippen LogP contribution in [0.15, 0.2) is 111 Å². The number of aryl methyl sites for hydroxylation is 1. The summed E-state index contributed by atoms with van der Waals surface area (Å²) >= 11 is 6.24. The number of halogens is 1. The number of para-hydroxylation sites is 1. The van der Waals surface area contributed by atoms with Gasteiger partial charge in [0.05, 0.1) is 17.7 Å². The van der Waals surface area contributed by atoms with E-state index >= 15 is 0 Å². The highest BCUT2D eigenvalue weighted by molar-refractivity contribution is 7.85. The van der Waals surface area contributed by atoms with Crippen LogP contribution in [0.3, 0.4) is 0 Å². The SMILES string of the molecule is CC(C)O.CN=C(N)N(c1cc2cccc(-c3ccccc3)c2o1)c1cc(Cl)ccc1OC.Cc1ccc(S(=O)(=O)O)cc1. The van der Waals surface area contributed by atoms with Gasteiger partial charge in [0.15, 0.2) is 0 Å². The average molecular weight is 638 g/mol. The molecule has 0 aliphatic carbocycles. The second kappa shape index (κ2) is 15.4. The summed E-state index contributed by atoms with van der Waals surface area (Å²) in [6.45, 7) is 5.29. The zero-order valence-electron chi connectivity index (χ0n) is 25.1. The van der Waals surface area contributed by atoms with E-state index < -0.39 is 10.1 Å². The standard InChI is InChI=1S/C23H20ClN3O2.C7H8O3S.C3H8O/c1-26-23(25)27(19-14-17(24)11-12-20(19)28-2)21-13-16-9-6-10-18(22(16)29-21)15-7-4-3-5-8-15;1-6-2-4-7(5-3-6)11(8,9)10;1-3(2)4/h3-14H,1-2H3,(H2,25,26);2-5H,1H3,(H,8,9,10);3-4H,1-2H3. The maximum absolute atomic E-state index is 10.5. The van der Waals surface area contributed by atoms with Crippen LogP contribution in [0.5, 0.6) is 5.75 Å². The number of nitrogens with zero attached hydrogens (tertiary/aromatic N) is 2. The molecule has 11 heteroatoms. The van der Waals surface area contributed by atoms with Crippen LogP contribution in [0.2, 0.25) is 5.02 Å². The Balaban J connectivity index is 0.000000292. The molecule has 5 rings (SSSR count). The molecule has 44 heavy (non-hydrogen) atoms. The molecule has 0 saturated heterocycles. The quantitative estimate of drug-likeness (QED) is 0.102. The molecule has 0 spiro atoms. The molecule has 9 nitrogen and oxygen atoms in total. The molecule has 5 aromatic rings. The molecule has 1 heterocycles. The van der Waals surface area contributed by atoms with Gasteiger partial charge in [-0.2, -0.15) is 8.42 Å². The summed E-state index contributed by atoms with van der Waals surface area (Å²) in [5.74, 6) is 1.38. The van der Waals surface area contributed by atoms with Gasteiger partial charge in [0.25, 0.3) is 10.1 Å². The first kappa shape index (κ1) is 34.1. The topological polar surface area (TPSA) is 139 Å². The Kier molecular flexibility index (Phi) is 11.9. The predicted molar refractivity (Wildman–Crippen MR) is 178 cm³/mol. The summed E-state index contributed by atoms with van der Waals surface area (Å²) in [5.41, 5.74) is 10.7. The first-order valence-corrected chi connectivity index (χ1v) is 15.3. The summed E-state index contributed by atoms with van der Waals surface area (Å²) in [6, 6.07) is 29.4. The van der Waals surface area contributed by atoms with E-state index in [4.69, 9.17) is 36.1 Å². The molecule has 232 valence electrons. The third-order valence-corrected chi connectivity index (χ3v) is 7.10. The summed E-state index contributed by atoms with van der Waals surface area (Å²) in [4.78, 5) is 5.79. The second-order valence-corrected chi connectivity index (χ2v) is 11.6. The van der Waals surface area contributed by atoms with Gasteiger partial charge in [-0.15, -0.1) is 0 Å². The molecule has 0 unspecified atom stereocenters. The molecule has 0 atom stereocenters. The van der Waals surface area contributed by atoms with Crippen LogP contribution < -0.4 is 15.4 Å². The van der Waals surface area contributed by atoms with Crippen molar-refractivity contribution in [3.8, 4) is 16.9 Å². The lowest BCUT2D eigenvalue weighted by Crippen LogP contribution is -2.33. The number of fused-ring (bicyclic) bond motifs is 1. The Morgan fingerprint density at radius 2 is 1.61 bits per heavy atom. The number of hydrogen-bond donors (Lipinski definition) is 3. The number of aliphatic imine (C=N–C) groups is 1. The minimum Gasteiger partial charge on any atom is -0.495 e. The number of ether oxygens (including phenoxy) is 1. The molecule has 4 aromatic carbocycles. The van der Waals surface area contributed by atoms with E-state index in [0.717, 1.165) is 27.7 Å². The normalized spacial score (nSPS) is 11.3. The average Bonchev–Trinajstić information content (AvgIpc) is 3.41. The lowest BCUT2D eigenvalue weighted by molar-refractivity contribution is 0.216. The number of methoxy groups -OCH3 is 1. The molecule has 1 aromatic heterocycles. The van der Waals surface area contributed by atoms with Crippen LogP contribution in [0.4, 0.5) is 11.6 Å². The Morgan fingerprint density at radius 3 is 2.18 bits per heavy atom. The number of aliphatic hydroxyl groups is 1. The molecule has 0 amide bonds. The molecular weight excluding hydrogens is 602 g/mol. The lowest BCUT2D eigenvalue weighted by Gasteiger charge is -2.23. The van der Waals surface area contributed by atoms with E-state index in [9.17, 15) is 8.42 Å². The van der Waals surface area contributed by atoms with Crippen LogP contribution >= 0.6 is 11.6 Å². The zero-order chi connectivity index (χ0) is 32.4. The number of benzene rings is 4. The predicted octanol–water partition coefficient (Wildman–Crippen LogP) is 7.47. The molecule has 0 bridgehead atoms. The third kappa shape index (κ3) is 9.08. The third-order valence-electron chi connectivity index (χ3n) is 6.00. The van der Waals surface area contributed by atoms with Gasteiger partial charge in [0.1, 0.15) is 11.3 Å². The van der Waals surface area contributed by atoms with Crippen molar-refractivity contribution in [3.63, 3.8) is 0 Å². The number of hydrogen-bond acceptors (Lipinski definition) is 6. The fraction of sp³-hybridized carbons (Fsp3) is 0.182. The second-order valence-electron chi connectivity index (χ2n) is 9.79. The summed E-state index contributed by atoms with van der Waals surface area (Å²) in [5, 5.41) is 9.56. The van der Waals surface area contributed by atoms with Crippen LogP contribution in [0.1, 0.15) is 19.4 Å². The first-order valence-electron chi connectivity index (χ1n) is 13.5. The highest BCUT2D eigenvalue weighted by atomic mass is 35.5. The van der Waals surface area contributed by atoms with E-state index in [0.29, 0.717) is 22.3 Å². The molecule has 0 aliphatic heterocycles. The van der Waals surface area contributed by atoms with Crippen LogP contribution in [-0.4, -0.2) is 44.3 Å². The van der Waals surface area contributed by atoms with Gasteiger partial charge >= 0.3 is 0 Å². The summed E-state index contributed by atoms with van der Waals surface area (Å²) < 4.78 is 41.4. The van der Waals surface area contributed by atoms with Gasteiger partial charge in [-0.05, 0) is 56.7 Å². The van der Waals surface area contributed by atoms with Crippen molar-refractivity contribution in [2.75, 3.05) is 19.1 Å². The van der Waals surface area contributed by atoms with Gasteiger partial charge in [-0.3, -0.25) is 9.55 Å². The van der Waals surface area contributed by atoms with E-state index in [1.807, 2.05) is 49.4 Å². The Hall–Kier alpha value is -4.35. The van der Waals surface area contributed by atoms with Crippen molar-refractivity contribution in [3.05, 3.63) is 108 Å². The lowest BCUT2D eigenvalue weighted by atomic mass is 10.0. The molecular formula is C33H36ClN3O6S. The number of rotatable bonds is 5. The molecule has 4 N–H and O–H groups in total. The van der Waals surface area contributed by atoms with E-state index in [1.165, 1.54) is 12.1 Å². The van der Waals surface area contributed by atoms with Gasteiger partial charge < -0.3 is 20.0 Å². The molecule has 0 fully saturated rings. The number of aliphatic hydroxyl groups excluding tert-OH is 1. The maximum Gasteiger partial charge on any atom is 0.294 e. The van der Waals surface area contributed by atoms with E-state index in [2.05, 4.69) is 17.1 Å². The van der Waals surface area contributed by atoms with Crippen LogP contribution in [0.25, 0.3) is 22.1 Å². The zero-order valence-corrected chi connectivity index (χ0v) is 26.7. The number of nitrogens with two attached hydrogens (primary N) is 1. The monoisotopic (exact) mass is 637 g/mol. The van der Waals surface area contributed by atoms with Gasteiger partial charge in [0, 0.05) is 35.2 Å². The summed E-state index contributed by atoms with van der Waals surface area (Å²) in [6.07, 6.45) is -0.167. The van der Waals surface area contributed by atoms with Crippen molar-refractivity contribution in [1.29, 1.82) is 0 Å². The highest BCUT2D eigenvalue weighted by Crippen LogP contribution is 2.40. The van der Waals surface area contributed by atoms with E-state index in [-0.39, 0.29) is 17.0 Å². The fourth-order valence-electron chi connectivity index (χ4n) is 4.01.